The van der Waals surface area contributed by atoms with Gasteiger partial charge in [0, 0.05) is 32.8 Å². The Labute approximate surface area is 266 Å². The molecule has 218 valence electrons. The molecule has 0 radical (unpaired) electrons. The molecule has 0 saturated carbocycles. The molecule has 2 aromatic heterocycles. The van der Waals surface area contributed by atoms with Gasteiger partial charge in [0.05, 0.1) is 0 Å². The number of aromatic nitrogens is 3. The lowest BCUT2D eigenvalue weighted by Crippen LogP contribution is -2.00. The Morgan fingerprint density at radius 3 is 1.65 bits per heavy atom. The molecule has 0 saturated heterocycles. The zero-order valence-electron chi connectivity index (χ0n) is 25.5. The van der Waals surface area contributed by atoms with Crippen molar-refractivity contribution in [3.63, 3.8) is 0 Å². The summed E-state index contributed by atoms with van der Waals surface area (Å²) in [6.45, 7) is 4.46. The number of hydrogen-bond acceptors (Lipinski definition) is 4. The van der Waals surface area contributed by atoms with Gasteiger partial charge in [-0.3, -0.25) is 0 Å². The minimum absolute atomic E-state index is 0.450. The second kappa shape index (κ2) is 10.4. The molecule has 2 heterocycles. The number of hydrogen-bond donors (Lipinski definition) is 0. The van der Waals surface area contributed by atoms with E-state index in [1.165, 1.54) is 32.5 Å². The highest BCUT2D eigenvalue weighted by Crippen LogP contribution is 2.43. The first-order valence-corrected chi connectivity index (χ1v) is 15.7. The van der Waals surface area contributed by atoms with Crippen LogP contribution in [0.15, 0.2) is 138 Å². The Morgan fingerprint density at radius 2 is 0.978 bits per heavy atom. The summed E-state index contributed by atoms with van der Waals surface area (Å²) in [5, 5.41) is 9.29. The molecule has 0 bridgehead atoms. The largest absolute Gasteiger partial charge is 0.455 e. The molecule has 9 rings (SSSR count). The van der Waals surface area contributed by atoms with Crippen LogP contribution in [0, 0.1) is 0 Å². The third-order valence-electron chi connectivity index (χ3n) is 9.08. The van der Waals surface area contributed by atoms with Crippen molar-refractivity contribution in [1.82, 2.24) is 15.0 Å². The molecule has 9 aromatic rings. The van der Waals surface area contributed by atoms with E-state index in [9.17, 15) is 0 Å². The maximum absolute atomic E-state index is 6.63. The third-order valence-corrected chi connectivity index (χ3v) is 9.08. The summed E-state index contributed by atoms with van der Waals surface area (Å²) in [6, 6.07) is 46.5. The Morgan fingerprint density at radius 1 is 0.435 bits per heavy atom. The van der Waals surface area contributed by atoms with Crippen molar-refractivity contribution < 1.29 is 4.42 Å². The number of rotatable bonds is 4. The van der Waals surface area contributed by atoms with Crippen LogP contribution in [-0.2, 0) is 0 Å². The SMILES string of the molecule is CC(C)c1ccc2oc3c(ccc4c5ccc(-c6nc(-c7ccccc7)nc(-c7ccccc7)n6)cc5c5ccccc5c43)c2c1. The van der Waals surface area contributed by atoms with Gasteiger partial charge in [0.1, 0.15) is 11.2 Å². The van der Waals surface area contributed by atoms with Gasteiger partial charge in [-0.25, -0.2) is 15.0 Å². The van der Waals surface area contributed by atoms with Crippen molar-refractivity contribution in [1.29, 1.82) is 0 Å². The average molecular weight is 592 g/mol. The van der Waals surface area contributed by atoms with E-state index in [1.54, 1.807) is 0 Å². The van der Waals surface area contributed by atoms with Crippen molar-refractivity contribution in [2.24, 2.45) is 0 Å². The van der Waals surface area contributed by atoms with E-state index in [4.69, 9.17) is 19.4 Å². The molecular formula is C42H29N3O. The van der Waals surface area contributed by atoms with E-state index in [0.29, 0.717) is 23.4 Å². The predicted molar refractivity (Wildman–Crippen MR) is 190 cm³/mol. The van der Waals surface area contributed by atoms with E-state index >= 15 is 0 Å². The van der Waals surface area contributed by atoms with Gasteiger partial charge in [-0.1, -0.05) is 123 Å². The van der Waals surface area contributed by atoms with Crippen molar-refractivity contribution in [2.75, 3.05) is 0 Å². The monoisotopic (exact) mass is 591 g/mol. The summed E-state index contributed by atoms with van der Waals surface area (Å²) in [4.78, 5) is 14.9. The highest BCUT2D eigenvalue weighted by Gasteiger charge is 2.18. The first-order chi connectivity index (χ1) is 22.6. The molecule has 0 spiro atoms. The fourth-order valence-electron chi connectivity index (χ4n) is 6.72. The fourth-order valence-corrected chi connectivity index (χ4v) is 6.72. The van der Waals surface area contributed by atoms with Crippen LogP contribution in [0.1, 0.15) is 25.3 Å². The molecule has 46 heavy (non-hydrogen) atoms. The number of fused-ring (bicyclic) bond motifs is 10. The van der Waals surface area contributed by atoms with Crippen LogP contribution in [0.3, 0.4) is 0 Å². The second-order valence-corrected chi connectivity index (χ2v) is 12.2. The van der Waals surface area contributed by atoms with Crippen LogP contribution < -0.4 is 0 Å². The highest BCUT2D eigenvalue weighted by atomic mass is 16.3. The van der Waals surface area contributed by atoms with Gasteiger partial charge in [-0.2, -0.15) is 0 Å². The van der Waals surface area contributed by atoms with Gasteiger partial charge in [0.15, 0.2) is 17.5 Å². The van der Waals surface area contributed by atoms with Crippen LogP contribution in [0.2, 0.25) is 0 Å². The molecular weight excluding hydrogens is 562 g/mol. The Hall–Kier alpha value is -5.87. The first kappa shape index (κ1) is 26.5. The summed E-state index contributed by atoms with van der Waals surface area (Å²) < 4.78 is 6.63. The van der Waals surface area contributed by atoms with Gasteiger partial charge < -0.3 is 4.42 Å². The van der Waals surface area contributed by atoms with Gasteiger partial charge >= 0.3 is 0 Å². The minimum atomic E-state index is 0.450. The zero-order valence-corrected chi connectivity index (χ0v) is 25.5. The number of nitrogens with zero attached hydrogens (tertiary/aromatic N) is 3. The summed E-state index contributed by atoms with van der Waals surface area (Å²) >= 11 is 0. The normalized spacial score (nSPS) is 11.9. The Kier molecular flexibility index (Phi) is 5.97. The molecule has 0 aliphatic heterocycles. The Bertz CT molecular complexity index is 2530. The van der Waals surface area contributed by atoms with Gasteiger partial charge in [0.25, 0.3) is 0 Å². The van der Waals surface area contributed by atoms with Crippen molar-refractivity contribution in [3.05, 3.63) is 139 Å². The molecule has 0 amide bonds. The smallest absolute Gasteiger partial charge is 0.164 e. The van der Waals surface area contributed by atoms with Gasteiger partial charge in [0.2, 0.25) is 0 Å². The van der Waals surface area contributed by atoms with Crippen LogP contribution in [0.5, 0.6) is 0 Å². The molecule has 0 atom stereocenters. The fraction of sp³-hybridized carbons (Fsp3) is 0.0714. The lowest BCUT2D eigenvalue weighted by atomic mass is 9.92. The lowest BCUT2D eigenvalue weighted by Gasteiger charge is -2.13. The van der Waals surface area contributed by atoms with Gasteiger partial charge in [-0.05, 0) is 62.7 Å². The predicted octanol–water partition coefficient (Wildman–Crippen LogP) is 11.4. The summed E-state index contributed by atoms with van der Waals surface area (Å²) in [5.41, 5.74) is 6.03. The second-order valence-electron chi connectivity index (χ2n) is 12.2. The van der Waals surface area contributed by atoms with Gasteiger partial charge in [-0.15, -0.1) is 0 Å². The molecule has 0 aliphatic carbocycles. The van der Waals surface area contributed by atoms with E-state index in [-0.39, 0.29) is 0 Å². The van der Waals surface area contributed by atoms with Crippen molar-refractivity contribution in [2.45, 2.75) is 19.8 Å². The minimum Gasteiger partial charge on any atom is -0.455 e. The topological polar surface area (TPSA) is 51.8 Å². The zero-order chi connectivity index (χ0) is 30.8. The summed E-state index contributed by atoms with van der Waals surface area (Å²) in [7, 11) is 0. The van der Waals surface area contributed by atoms with E-state index in [0.717, 1.165) is 44.0 Å². The molecule has 0 N–H and O–H groups in total. The molecule has 7 aromatic carbocycles. The van der Waals surface area contributed by atoms with E-state index < -0.39 is 0 Å². The number of benzene rings is 7. The van der Waals surface area contributed by atoms with Crippen molar-refractivity contribution >= 4 is 54.3 Å². The van der Waals surface area contributed by atoms with Crippen LogP contribution in [-0.4, -0.2) is 15.0 Å². The van der Waals surface area contributed by atoms with E-state index in [2.05, 4.69) is 86.6 Å². The maximum atomic E-state index is 6.63. The average Bonchev–Trinajstić information content (AvgIpc) is 3.50. The first-order valence-electron chi connectivity index (χ1n) is 15.7. The molecule has 0 fully saturated rings. The van der Waals surface area contributed by atoms with Crippen LogP contribution in [0.4, 0.5) is 0 Å². The van der Waals surface area contributed by atoms with E-state index in [1.807, 2.05) is 60.7 Å². The highest BCUT2D eigenvalue weighted by molar-refractivity contribution is 6.32. The third kappa shape index (κ3) is 4.18. The number of furan rings is 1. The molecule has 4 heteroatoms. The Balaban J connectivity index is 1.31. The quantitative estimate of drug-likeness (QED) is 0.191. The molecule has 0 aliphatic rings. The molecule has 0 unspecified atom stereocenters. The maximum Gasteiger partial charge on any atom is 0.164 e. The standard InChI is InChI=1S/C42H29N3O/c1-25(2)28-18-22-37-36(23-28)34-21-20-33-31-19-17-29(24-35(31)30-15-9-10-16-32(30)38(33)39(34)46-37)42-44-40(26-11-5-3-6-12-26)43-41(45-42)27-13-7-4-8-14-27/h3-25H,1-2H3. The summed E-state index contributed by atoms with van der Waals surface area (Å²) in [6.07, 6.45) is 0. The van der Waals surface area contributed by atoms with Crippen molar-refractivity contribution in [3.8, 4) is 34.2 Å². The lowest BCUT2D eigenvalue weighted by molar-refractivity contribution is 0.672. The molecule has 4 nitrogen and oxygen atoms in total. The van der Waals surface area contributed by atoms with Crippen LogP contribution >= 0.6 is 0 Å². The van der Waals surface area contributed by atoms with Crippen LogP contribution in [0.25, 0.3) is 88.4 Å². The summed E-state index contributed by atoms with van der Waals surface area (Å²) in [5.74, 6) is 2.40.